The minimum atomic E-state index is -0.511. The largest absolute Gasteiger partial charge is 0.461 e. The number of ether oxygens (including phenoxy) is 1. The van der Waals surface area contributed by atoms with Gasteiger partial charge in [-0.25, -0.2) is 4.79 Å². The molecule has 0 rings (SSSR count). The van der Waals surface area contributed by atoms with E-state index in [9.17, 15) is 4.79 Å². The fourth-order valence-electron chi connectivity index (χ4n) is 0.595. The van der Waals surface area contributed by atoms with Gasteiger partial charge in [0.1, 0.15) is 5.03 Å². The summed E-state index contributed by atoms with van der Waals surface area (Å²) < 4.78 is 4.74. The topological polar surface area (TPSA) is 26.3 Å². The zero-order valence-corrected chi connectivity index (χ0v) is 7.49. The first kappa shape index (κ1) is 10.5. The van der Waals surface area contributed by atoms with Crippen LogP contribution >= 0.6 is 11.6 Å². The lowest BCUT2D eigenvalue weighted by Gasteiger charge is -2.01. The van der Waals surface area contributed by atoms with Gasteiger partial charge in [-0.3, -0.25) is 0 Å². The second-order valence-electron chi connectivity index (χ2n) is 2.25. The Kier molecular flexibility index (Phi) is 5.94. The van der Waals surface area contributed by atoms with Gasteiger partial charge in [-0.15, -0.1) is 0 Å². The van der Waals surface area contributed by atoms with Crippen LogP contribution in [0.3, 0.4) is 0 Å². The number of carbonyl (C=O) groups excluding carboxylic acids is 1. The van der Waals surface area contributed by atoms with Crippen LogP contribution in [0.1, 0.15) is 26.2 Å². The SMILES string of the molecule is C=C(Cl)C(=O)OCCCCC. The Hall–Kier alpha value is -0.500. The third-order valence-electron chi connectivity index (χ3n) is 1.20. The van der Waals surface area contributed by atoms with Crippen LogP contribution in [-0.2, 0) is 9.53 Å². The quantitative estimate of drug-likeness (QED) is 0.366. The van der Waals surface area contributed by atoms with E-state index in [2.05, 4.69) is 13.5 Å². The van der Waals surface area contributed by atoms with Crippen LogP contribution in [-0.4, -0.2) is 12.6 Å². The summed E-state index contributed by atoms with van der Waals surface area (Å²) in [6, 6.07) is 0. The minimum Gasteiger partial charge on any atom is -0.461 e. The molecule has 0 N–H and O–H groups in total. The van der Waals surface area contributed by atoms with E-state index in [-0.39, 0.29) is 5.03 Å². The van der Waals surface area contributed by atoms with Crippen molar-refractivity contribution in [1.82, 2.24) is 0 Å². The predicted octanol–water partition coefficient (Wildman–Crippen LogP) is 2.47. The summed E-state index contributed by atoms with van der Waals surface area (Å²) in [6.45, 7) is 5.77. The van der Waals surface area contributed by atoms with Gasteiger partial charge < -0.3 is 4.74 Å². The molecule has 0 aliphatic heterocycles. The van der Waals surface area contributed by atoms with E-state index in [1.54, 1.807) is 0 Å². The molecule has 0 atom stereocenters. The van der Waals surface area contributed by atoms with Crippen LogP contribution in [0.25, 0.3) is 0 Å². The molecule has 0 aromatic rings. The Morgan fingerprint density at radius 2 is 2.18 bits per heavy atom. The molecule has 11 heavy (non-hydrogen) atoms. The number of hydrogen-bond donors (Lipinski definition) is 0. The van der Waals surface area contributed by atoms with Crippen LogP contribution in [0.5, 0.6) is 0 Å². The number of rotatable bonds is 5. The highest BCUT2D eigenvalue weighted by Crippen LogP contribution is 2.01. The average molecular weight is 177 g/mol. The van der Waals surface area contributed by atoms with Gasteiger partial charge in [0.15, 0.2) is 0 Å². The van der Waals surface area contributed by atoms with E-state index in [1.807, 2.05) is 0 Å². The van der Waals surface area contributed by atoms with Gasteiger partial charge in [0.25, 0.3) is 0 Å². The van der Waals surface area contributed by atoms with Crippen molar-refractivity contribution in [3.8, 4) is 0 Å². The standard InChI is InChI=1S/C8H13ClO2/c1-3-4-5-6-11-8(10)7(2)9/h2-6H2,1H3. The van der Waals surface area contributed by atoms with Gasteiger partial charge in [0.2, 0.25) is 0 Å². The van der Waals surface area contributed by atoms with E-state index in [4.69, 9.17) is 16.3 Å². The molecule has 2 nitrogen and oxygen atoms in total. The monoisotopic (exact) mass is 176 g/mol. The van der Waals surface area contributed by atoms with Crippen molar-refractivity contribution in [2.45, 2.75) is 26.2 Å². The Balaban J connectivity index is 3.25. The molecule has 0 amide bonds. The molecule has 0 aliphatic rings. The van der Waals surface area contributed by atoms with Crippen molar-refractivity contribution in [3.63, 3.8) is 0 Å². The van der Waals surface area contributed by atoms with Gasteiger partial charge in [-0.2, -0.15) is 0 Å². The average Bonchev–Trinajstić information content (AvgIpc) is 1.97. The second kappa shape index (κ2) is 6.23. The van der Waals surface area contributed by atoms with Gasteiger partial charge >= 0.3 is 5.97 Å². The maximum absolute atomic E-state index is 10.7. The Morgan fingerprint density at radius 1 is 1.55 bits per heavy atom. The van der Waals surface area contributed by atoms with Gasteiger partial charge in [-0.05, 0) is 6.42 Å². The fraction of sp³-hybridized carbons (Fsp3) is 0.625. The number of hydrogen-bond acceptors (Lipinski definition) is 2. The Bertz CT molecular complexity index is 143. The molecule has 0 aromatic heterocycles. The van der Waals surface area contributed by atoms with Crippen LogP contribution in [0.15, 0.2) is 11.6 Å². The maximum Gasteiger partial charge on any atom is 0.349 e. The molecule has 0 heterocycles. The van der Waals surface area contributed by atoms with Crippen molar-refractivity contribution in [3.05, 3.63) is 11.6 Å². The van der Waals surface area contributed by atoms with E-state index in [0.717, 1.165) is 19.3 Å². The molecule has 3 heteroatoms. The van der Waals surface area contributed by atoms with E-state index in [0.29, 0.717) is 6.61 Å². The van der Waals surface area contributed by atoms with Crippen LogP contribution in [0.2, 0.25) is 0 Å². The first-order chi connectivity index (χ1) is 5.18. The lowest BCUT2D eigenvalue weighted by molar-refractivity contribution is -0.138. The van der Waals surface area contributed by atoms with Gasteiger partial charge in [-0.1, -0.05) is 37.9 Å². The van der Waals surface area contributed by atoms with E-state index >= 15 is 0 Å². The van der Waals surface area contributed by atoms with Crippen molar-refractivity contribution in [2.24, 2.45) is 0 Å². The Morgan fingerprint density at radius 3 is 2.64 bits per heavy atom. The summed E-state index contributed by atoms with van der Waals surface area (Å²) in [7, 11) is 0. The molecule has 0 saturated carbocycles. The van der Waals surface area contributed by atoms with Crippen molar-refractivity contribution >= 4 is 17.6 Å². The number of esters is 1. The second-order valence-corrected chi connectivity index (χ2v) is 2.70. The predicted molar refractivity (Wildman–Crippen MR) is 45.5 cm³/mol. The van der Waals surface area contributed by atoms with Crippen molar-refractivity contribution in [2.75, 3.05) is 6.61 Å². The number of halogens is 1. The smallest absolute Gasteiger partial charge is 0.349 e. The normalized spacial score (nSPS) is 9.27. The molecule has 0 unspecified atom stereocenters. The van der Waals surface area contributed by atoms with Crippen molar-refractivity contribution < 1.29 is 9.53 Å². The van der Waals surface area contributed by atoms with E-state index < -0.39 is 5.97 Å². The first-order valence-electron chi connectivity index (χ1n) is 3.70. The number of unbranched alkanes of at least 4 members (excludes halogenated alkanes) is 2. The zero-order chi connectivity index (χ0) is 8.69. The minimum absolute atomic E-state index is 0.0542. The summed E-state index contributed by atoms with van der Waals surface area (Å²) in [6.07, 6.45) is 3.08. The molecule has 0 spiro atoms. The van der Waals surface area contributed by atoms with Gasteiger partial charge in [0.05, 0.1) is 6.61 Å². The molecular formula is C8H13ClO2. The molecule has 0 fully saturated rings. The molecule has 0 saturated heterocycles. The summed E-state index contributed by atoms with van der Waals surface area (Å²) in [4.78, 5) is 10.7. The summed E-state index contributed by atoms with van der Waals surface area (Å²) in [5.41, 5.74) is 0. The van der Waals surface area contributed by atoms with E-state index in [1.165, 1.54) is 0 Å². The molecule has 0 aliphatic carbocycles. The summed E-state index contributed by atoms with van der Waals surface area (Å²) >= 11 is 5.27. The highest BCUT2D eigenvalue weighted by Gasteiger charge is 2.03. The van der Waals surface area contributed by atoms with Crippen LogP contribution in [0.4, 0.5) is 0 Å². The fourth-order valence-corrected chi connectivity index (χ4v) is 0.650. The molecular weight excluding hydrogens is 164 g/mol. The van der Waals surface area contributed by atoms with Crippen LogP contribution in [0, 0.1) is 0 Å². The maximum atomic E-state index is 10.7. The third-order valence-corrected chi connectivity index (χ3v) is 1.36. The van der Waals surface area contributed by atoms with Crippen molar-refractivity contribution in [1.29, 1.82) is 0 Å². The first-order valence-corrected chi connectivity index (χ1v) is 4.07. The highest BCUT2D eigenvalue weighted by atomic mass is 35.5. The highest BCUT2D eigenvalue weighted by molar-refractivity contribution is 6.40. The van der Waals surface area contributed by atoms with Crippen LogP contribution < -0.4 is 0 Å². The lowest BCUT2D eigenvalue weighted by atomic mass is 10.3. The molecule has 0 bridgehead atoms. The molecule has 64 valence electrons. The van der Waals surface area contributed by atoms with Gasteiger partial charge in [0, 0.05) is 0 Å². The number of carbonyl (C=O) groups is 1. The Labute approximate surface area is 72.2 Å². The third kappa shape index (κ3) is 5.92. The summed E-state index contributed by atoms with van der Waals surface area (Å²) in [5, 5.41) is -0.0542. The molecule has 0 radical (unpaired) electrons. The lowest BCUT2D eigenvalue weighted by Crippen LogP contribution is -2.04. The zero-order valence-electron chi connectivity index (χ0n) is 6.73. The summed E-state index contributed by atoms with van der Waals surface area (Å²) in [5.74, 6) is -0.511. The molecule has 0 aromatic carbocycles.